The molecule has 3 rings (SSSR count). The van der Waals surface area contributed by atoms with Crippen molar-refractivity contribution in [2.45, 2.75) is 0 Å². The maximum atomic E-state index is 9.88. The zero-order chi connectivity index (χ0) is 13.2. The summed E-state index contributed by atoms with van der Waals surface area (Å²) in [6, 6.07) is 20.1. The van der Waals surface area contributed by atoms with Gasteiger partial charge in [-0.1, -0.05) is 60.7 Å². The predicted molar refractivity (Wildman–Crippen MR) is 76.4 cm³/mol. The van der Waals surface area contributed by atoms with Gasteiger partial charge in [0.25, 0.3) is 5.95 Å². The van der Waals surface area contributed by atoms with Crippen LogP contribution in [0.5, 0.6) is 0 Å². The molecule has 0 aromatic heterocycles. The van der Waals surface area contributed by atoms with Crippen molar-refractivity contribution in [2.24, 2.45) is 0 Å². The molecule has 2 heteroatoms. The van der Waals surface area contributed by atoms with Gasteiger partial charge in [0, 0.05) is 11.1 Å². The number of methoxy groups -OCH3 is 1. The summed E-state index contributed by atoms with van der Waals surface area (Å²) < 4.78 is 4.97. The van der Waals surface area contributed by atoms with Crippen LogP contribution in [0, 0.1) is 0 Å². The van der Waals surface area contributed by atoms with Gasteiger partial charge in [-0.15, -0.1) is 0 Å². The van der Waals surface area contributed by atoms with Crippen LogP contribution in [0.4, 0.5) is 0 Å². The SMILES string of the molecule is COC(O)=C1C(c2ccccc2)=C1c1ccccc1. The Bertz CT molecular complexity index is 601. The van der Waals surface area contributed by atoms with Gasteiger partial charge in [-0.2, -0.15) is 0 Å². The minimum Gasteiger partial charge on any atom is -0.481 e. The van der Waals surface area contributed by atoms with Crippen LogP contribution < -0.4 is 0 Å². The average molecular weight is 250 g/mol. The molecular formula is C17H14O2. The van der Waals surface area contributed by atoms with E-state index in [1.54, 1.807) is 0 Å². The first-order chi connectivity index (χ1) is 9.33. The van der Waals surface area contributed by atoms with Crippen molar-refractivity contribution in [1.29, 1.82) is 0 Å². The average Bonchev–Trinajstić information content (AvgIpc) is 3.24. The Morgan fingerprint density at radius 1 is 0.789 bits per heavy atom. The van der Waals surface area contributed by atoms with Gasteiger partial charge in [0.15, 0.2) is 0 Å². The first kappa shape index (κ1) is 11.6. The Balaban J connectivity index is 2.11. The highest BCUT2D eigenvalue weighted by Gasteiger charge is 2.36. The number of benzene rings is 2. The normalized spacial score (nSPS) is 13.4. The van der Waals surface area contributed by atoms with Crippen molar-refractivity contribution in [3.63, 3.8) is 0 Å². The quantitative estimate of drug-likeness (QED) is 0.833. The van der Waals surface area contributed by atoms with Crippen molar-refractivity contribution in [3.05, 3.63) is 83.3 Å². The van der Waals surface area contributed by atoms with Crippen LogP contribution in [0.3, 0.4) is 0 Å². The van der Waals surface area contributed by atoms with Gasteiger partial charge < -0.3 is 9.84 Å². The van der Waals surface area contributed by atoms with Crippen LogP contribution >= 0.6 is 0 Å². The Labute approximate surface area is 112 Å². The molecule has 19 heavy (non-hydrogen) atoms. The van der Waals surface area contributed by atoms with Crippen LogP contribution in [0.1, 0.15) is 11.1 Å². The van der Waals surface area contributed by atoms with Crippen molar-refractivity contribution < 1.29 is 9.84 Å². The van der Waals surface area contributed by atoms with Gasteiger partial charge in [-0.25, -0.2) is 0 Å². The molecule has 1 N–H and O–H groups in total. The summed E-state index contributed by atoms with van der Waals surface area (Å²) in [6.45, 7) is 0. The van der Waals surface area contributed by atoms with Gasteiger partial charge in [0.1, 0.15) is 0 Å². The first-order valence-corrected chi connectivity index (χ1v) is 6.16. The van der Waals surface area contributed by atoms with Gasteiger partial charge in [0.2, 0.25) is 0 Å². The Morgan fingerprint density at radius 3 is 1.58 bits per heavy atom. The number of rotatable bonds is 3. The molecule has 1 aliphatic rings. The zero-order valence-electron chi connectivity index (χ0n) is 10.6. The highest BCUT2D eigenvalue weighted by Crippen LogP contribution is 2.53. The van der Waals surface area contributed by atoms with Crippen LogP contribution in [0.15, 0.2) is 72.2 Å². The van der Waals surface area contributed by atoms with E-state index in [-0.39, 0.29) is 5.95 Å². The van der Waals surface area contributed by atoms with Gasteiger partial charge in [-0.05, 0) is 11.1 Å². The zero-order valence-corrected chi connectivity index (χ0v) is 10.6. The minimum absolute atomic E-state index is 0.0160. The Morgan fingerprint density at radius 2 is 1.21 bits per heavy atom. The van der Waals surface area contributed by atoms with Crippen molar-refractivity contribution in [2.75, 3.05) is 7.11 Å². The molecule has 0 atom stereocenters. The molecule has 0 unspecified atom stereocenters. The number of hydrogen-bond donors (Lipinski definition) is 1. The van der Waals surface area contributed by atoms with E-state index < -0.39 is 0 Å². The lowest BCUT2D eigenvalue weighted by atomic mass is 10.1. The second kappa shape index (κ2) is 4.65. The molecular weight excluding hydrogens is 236 g/mol. The molecule has 94 valence electrons. The third-order valence-corrected chi connectivity index (χ3v) is 3.22. The molecule has 0 heterocycles. The summed E-state index contributed by atoms with van der Waals surface area (Å²) in [6.07, 6.45) is 0. The van der Waals surface area contributed by atoms with Crippen LogP contribution in [0.2, 0.25) is 0 Å². The largest absolute Gasteiger partial charge is 0.481 e. The number of hydrogen-bond acceptors (Lipinski definition) is 2. The number of aliphatic hydroxyl groups excluding tert-OH is 1. The lowest BCUT2D eigenvalue weighted by Crippen LogP contribution is -1.85. The molecule has 0 saturated heterocycles. The smallest absolute Gasteiger partial charge is 0.285 e. The standard InChI is InChI=1S/C17H14O2/c1-19-17(18)16-14(12-8-4-2-5-9-12)15(16)13-10-6-3-7-11-13/h2-11,18H,1H3. The van der Waals surface area contributed by atoms with E-state index in [1.807, 2.05) is 60.7 Å². The molecule has 1 aliphatic carbocycles. The molecule has 2 nitrogen and oxygen atoms in total. The van der Waals surface area contributed by atoms with E-state index in [4.69, 9.17) is 4.74 Å². The van der Waals surface area contributed by atoms with Crippen LogP contribution in [-0.2, 0) is 4.74 Å². The molecule has 0 spiro atoms. The topological polar surface area (TPSA) is 29.5 Å². The van der Waals surface area contributed by atoms with Crippen molar-refractivity contribution >= 4 is 11.1 Å². The van der Waals surface area contributed by atoms with E-state index in [0.29, 0.717) is 0 Å². The maximum Gasteiger partial charge on any atom is 0.285 e. The lowest BCUT2D eigenvalue weighted by Gasteiger charge is -1.97. The van der Waals surface area contributed by atoms with Crippen molar-refractivity contribution in [3.8, 4) is 0 Å². The molecule has 0 radical (unpaired) electrons. The third kappa shape index (κ3) is 2.02. The fourth-order valence-electron chi connectivity index (χ4n) is 2.29. The van der Waals surface area contributed by atoms with Crippen LogP contribution in [0.25, 0.3) is 11.1 Å². The monoisotopic (exact) mass is 250 g/mol. The summed E-state index contributed by atoms with van der Waals surface area (Å²) in [4.78, 5) is 0. The maximum absolute atomic E-state index is 9.88. The summed E-state index contributed by atoms with van der Waals surface area (Å²) in [5, 5.41) is 9.88. The summed E-state index contributed by atoms with van der Waals surface area (Å²) >= 11 is 0. The predicted octanol–water partition coefficient (Wildman–Crippen LogP) is 4.03. The molecule has 2 aromatic rings. The van der Waals surface area contributed by atoms with Gasteiger partial charge in [-0.3, -0.25) is 0 Å². The summed E-state index contributed by atoms with van der Waals surface area (Å²) in [7, 11) is 1.48. The molecule has 0 fully saturated rings. The van der Waals surface area contributed by atoms with E-state index >= 15 is 0 Å². The Hall–Kier alpha value is -2.48. The number of aliphatic hydroxyl groups is 1. The molecule has 0 saturated carbocycles. The van der Waals surface area contributed by atoms with Crippen LogP contribution in [-0.4, -0.2) is 12.2 Å². The Kier molecular flexibility index (Phi) is 2.84. The molecule has 0 amide bonds. The summed E-state index contributed by atoms with van der Waals surface area (Å²) in [5.41, 5.74) is 5.12. The first-order valence-electron chi connectivity index (χ1n) is 6.16. The molecule has 2 aromatic carbocycles. The highest BCUT2D eigenvalue weighted by molar-refractivity contribution is 6.26. The summed E-state index contributed by atoms with van der Waals surface area (Å²) in [5.74, 6) is -0.0160. The fourth-order valence-corrected chi connectivity index (χ4v) is 2.29. The van der Waals surface area contributed by atoms with E-state index in [0.717, 1.165) is 27.8 Å². The second-order valence-electron chi connectivity index (χ2n) is 4.37. The highest BCUT2D eigenvalue weighted by atomic mass is 16.6. The van der Waals surface area contributed by atoms with Gasteiger partial charge >= 0.3 is 0 Å². The molecule has 0 bridgehead atoms. The number of allylic oxidation sites excluding steroid dienone is 3. The lowest BCUT2D eigenvalue weighted by molar-refractivity contribution is 0.135. The van der Waals surface area contributed by atoms with E-state index in [2.05, 4.69) is 0 Å². The third-order valence-electron chi connectivity index (χ3n) is 3.22. The number of ether oxygens (including phenoxy) is 1. The molecule has 0 aliphatic heterocycles. The second-order valence-corrected chi connectivity index (χ2v) is 4.37. The fraction of sp³-hybridized carbons (Fsp3) is 0.0588. The van der Waals surface area contributed by atoms with Crippen molar-refractivity contribution in [1.82, 2.24) is 0 Å². The van der Waals surface area contributed by atoms with E-state index in [9.17, 15) is 5.11 Å². The van der Waals surface area contributed by atoms with E-state index in [1.165, 1.54) is 7.11 Å². The minimum atomic E-state index is -0.0160. The van der Waals surface area contributed by atoms with Gasteiger partial charge in [0.05, 0.1) is 12.7 Å².